The van der Waals surface area contributed by atoms with Crippen molar-refractivity contribution in [2.24, 2.45) is 0 Å². The number of hydrogen-bond donors (Lipinski definition) is 2. The Morgan fingerprint density at radius 1 is 0.848 bits per heavy atom. The van der Waals surface area contributed by atoms with E-state index >= 15 is 0 Å². The molecular weight excluding hydrogens is 432 g/mol. The van der Waals surface area contributed by atoms with Crippen molar-refractivity contribution < 1.29 is 14.3 Å². The predicted octanol–water partition coefficient (Wildman–Crippen LogP) is 6.05. The van der Waals surface area contributed by atoms with Crippen molar-refractivity contribution in [1.82, 2.24) is 5.32 Å². The summed E-state index contributed by atoms with van der Waals surface area (Å²) in [4.78, 5) is 26.5. The first-order valence-corrected chi connectivity index (χ1v) is 11.9. The minimum absolute atomic E-state index is 0.297. The molecule has 172 valence electrons. The van der Waals surface area contributed by atoms with Crippen LogP contribution in [0.1, 0.15) is 31.9 Å². The Morgan fingerprint density at radius 3 is 2.00 bits per heavy atom. The maximum absolute atomic E-state index is 13.0. The van der Waals surface area contributed by atoms with Crippen LogP contribution in [0.5, 0.6) is 0 Å². The van der Waals surface area contributed by atoms with Crippen molar-refractivity contribution in [3.05, 3.63) is 96.1 Å². The largest absolute Gasteiger partial charge is 0.444 e. The van der Waals surface area contributed by atoms with Gasteiger partial charge in [0.2, 0.25) is 5.91 Å². The van der Waals surface area contributed by atoms with Gasteiger partial charge in [0, 0.05) is 22.8 Å². The van der Waals surface area contributed by atoms with Gasteiger partial charge in [-0.25, -0.2) is 4.79 Å². The van der Waals surface area contributed by atoms with Gasteiger partial charge in [-0.2, -0.15) is 0 Å². The minimum Gasteiger partial charge on any atom is -0.444 e. The lowest BCUT2D eigenvalue weighted by atomic mass is 10.1. The number of carbonyl (C=O) groups excluding carboxylic acids is 2. The second kappa shape index (κ2) is 11.6. The van der Waals surface area contributed by atoms with Gasteiger partial charge >= 0.3 is 6.09 Å². The van der Waals surface area contributed by atoms with Gasteiger partial charge in [-0.05, 0) is 56.2 Å². The lowest BCUT2D eigenvalue weighted by Gasteiger charge is -2.23. The van der Waals surface area contributed by atoms with Crippen LogP contribution in [0.25, 0.3) is 0 Å². The van der Waals surface area contributed by atoms with Crippen molar-refractivity contribution in [3.8, 4) is 0 Å². The maximum Gasteiger partial charge on any atom is 0.408 e. The summed E-state index contributed by atoms with van der Waals surface area (Å²) >= 11 is 1.74. The summed E-state index contributed by atoms with van der Waals surface area (Å²) in [6, 6.07) is 26.8. The maximum atomic E-state index is 13.0. The average molecular weight is 463 g/mol. The van der Waals surface area contributed by atoms with Gasteiger partial charge in [0.05, 0.1) is 0 Å². The number of ether oxygens (including phenoxy) is 1. The number of anilines is 1. The molecule has 0 saturated carbocycles. The summed E-state index contributed by atoms with van der Waals surface area (Å²) < 4.78 is 5.35. The van der Waals surface area contributed by atoms with Gasteiger partial charge in [0.15, 0.2) is 0 Å². The van der Waals surface area contributed by atoms with Gasteiger partial charge in [-0.3, -0.25) is 4.79 Å². The van der Waals surface area contributed by atoms with Crippen molar-refractivity contribution in [2.75, 3.05) is 5.32 Å². The summed E-state index contributed by atoms with van der Waals surface area (Å²) in [6.45, 7) is 5.36. The minimum atomic E-state index is -0.769. The van der Waals surface area contributed by atoms with Crippen LogP contribution in [0.15, 0.2) is 89.8 Å². The summed E-state index contributed by atoms with van der Waals surface area (Å²) in [6.07, 6.45) is -0.261. The fraction of sp³-hybridized carbons (Fsp3) is 0.259. The fourth-order valence-corrected chi connectivity index (χ4v) is 3.97. The molecule has 2 N–H and O–H groups in total. The Hall–Kier alpha value is -3.25. The fourth-order valence-electron chi connectivity index (χ4n) is 3.11. The second-order valence-corrected chi connectivity index (χ2v) is 9.73. The number of carbonyl (C=O) groups is 2. The highest BCUT2D eigenvalue weighted by molar-refractivity contribution is 7.98. The molecule has 3 rings (SSSR count). The monoisotopic (exact) mass is 462 g/mol. The summed E-state index contributed by atoms with van der Waals surface area (Å²) in [5.41, 5.74) is 2.23. The third-order valence-electron chi connectivity index (χ3n) is 4.66. The number of hydrogen-bond acceptors (Lipinski definition) is 4. The topological polar surface area (TPSA) is 67.4 Å². The molecule has 3 aromatic rings. The molecule has 1 atom stereocenters. The van der Waals surface area contributed by atoms with E-state index in [1.807, 2.05) is 72.8 Å². The highest BCUT2D eigenvalue weighted by atomic mass is 32.2. The standard InChI is InChI=1S/C27H30N2O3S/c1-27(2,3)32-26(31)29-24(18-20-10-6-4-7-11-20)25(30)28-22-14-16-23(17-15-22)33-19-21-12-8-5-9-13-21/h4-17,24H,18-19H2,1-3H3,(H,28,30)(H,29,31)/t24-/m0/s1. The number of amides is 2. The van der Waals surface area contributed by atoms with E-state index in [-0.39, 0.29) is 5.91 Å². The Balaban J connectivity index is 1.63. The first-order valence-electron chi connectivity index (χ1n) is 10.9. The number of rotatable bonds is 8. The van der Waals surface area contributed by atoms with E-state index in [4.69, 9.17) is 4.74 Å². The molecule has 0 saturated heterocycles. The number of alkyl carbamates (subject to hydrolysis) is 1. The predicted molar refractivity (Wildman–Crippen MR) is 134 cm³/mol. The molecule has 2 amide bonds. The van der Waals surface area contributed by atoms with Gasteiger partial charge in [0.25, 0.3) is 0 Å². The van der Waals surface area contributed by atoms with Crippen molar-refractivity contribution in [3.63, 3.8) is 0 Å². The van der Waals surface area contributed by atoms with Crippen LogP contribution in [0.4, 0.5) is 10.5 Å². The smallest absolute Gasteiger partial charge is 0.408 e. The molecule has 0 radical (unpaired) electrons. The molecular formula is C27H30N2O3S. The van der Waals surface area contributed by atoms with Gasteiger partial charge in [0.1, 0.15) is 11.6 Å². The SMILES string of the molecule is CC(C)(C)OC(=O)N[C@@H](Cc1ccccc1)C(=O)Nc1ccc(SCc2ccccc2)cc1. The zero-order valence-electron chi connectivity index (χ0n) is 19.2. The number of thioether (sulfide) groups is 1. The molecule has 0 aliphatic carbocycles. The summed E-state index contributed by atoms with van der Waals surface area (Å²) in [5, 5.41) is 5.63. The highest BCUT2D eigenvalue weighted by Crippen LogP contribution is 2.24. The Kier molecular flexibility index (Phi) is 8.55. The normalized spacial score (nSPS) is 12.0. The number of benzene rings is 3. The van der Waals surface area contributed by atoms with Crippen LogP contribution in [0, 0.1) is 0 Å². The molecule has 0 aliphatic heterocycles. The van der Waals surface area contributed by atoms with E-state index in [1.165, 1.54) is 5.56 Å². The quantitative estimate of drug-likeness (QED) is 0.400. The van der Waals surface area contributed by atoms with E-state index in [1.54, 1.807) is 32.5 Å². The number of nitrogens with one attached hydrogen (secondary N) is 2. The third-order valence-corrected chi connectivity index (χ3v) is 5.74. The van der Waals surface area contributed by atoms with E-state index in [0.29, 0.717) is 12.1 Å². The first-order chi connectivity index (χ1) is 15.8. The van der Waals surface area contributed by atoms with Crippen LogP contribution in [0.3, 0.4) is 0 Å². The zero-order valence-corrected chi connectivity index (χ0v) is 20.0. The molecule has 0 unspecified atom stereocenters. The molecule has 0 fully saturated rings. The molecule has 6 heteroatoms. The van der Waals surface area contributed by atoms with Crippen molar-refractivity contribution in [1.29, 1.82) is 0 Å². The lowest BCUT2D eigenvalue weighted by molar-refractivity contribution is -0.118. The molecule has 5 nitrogen and oxygen atoms in total. The van der Waals surface area contributed by atoms with Crippen LogP contribution < -0.4 is 10.6 Å². The van der Waals surface area contributed by atoms with Crippen LogP contribution in [-0.4, -0.2) is 23.6 Å². The lowest BCUT2D eigenvalue weighted by Crippen LogP contribution is -2.47. The Labute approximate surface area is 199 Å². The molecule has 0 bridgehead atoms. The molecule has 33 heavy (non-hydrogen) atoms. The van der Waals surface area contributed by atoms with Gasteiger partial charge in [-0.1, -0.05) is 60.7 Å². The summed E-state index contributed by atoms with van der Waals surface area (Å²) in [7, 11) is 0. The van der Waals surface area contributed by atoms with Gasteiger partial charge in [-0.15, -0.1) is 11.8 Å². The molecule has 0 spiro atoms. The van der Waals surface area contributed by atoms with E-state index in [0.717, 1.165) is 16.2 Å². The molecule has 0 aromatic heterocycles. The molecule has 0 aliphatic rings. The van der Waals surface area contributed by atoms with E-state index in [2.05, 4.69) is 22.8 Å². The van der Waals surface area contributed by atoms with Crippen LogP contribution >= 0.6 is 11.8 Å². The van der Waals surface area contributed by atoms with Gasteiger partial charge < -0.3 is 15.4 Å². The zero-order chi connectivity index (χ0) is 23.7. The molecule has 3 aromatic carbocycles. The van der Waals surface area contributed by atoms with Crippen LogP contribution in [0.2, 0.25) is 0 Å². The van der Waals surface area contributed by atoms with E-state index < -0.39 is 17.7 Å². The van der Waals surface area contributed by atoms with Crippen molar-refractivity contribution >= 4 is 29.4 Å². The van der Waals surface area contributed by atoms with Crippen LogP contribution in [-0.2, 0) is 21.7 Å². The Morgan fingerprint density at radius 2 is 1.42 bits per heavy atom. The highest BCUT2D eigenvalue weighted by Gasteiger charge is 2.25. The Bertz CT molecular complexity index is 1030. The van der Waals surface area contributed by atoms with E-state index in [9.17, 15) is 9.59 Å². The first kappa shape index (κ1) is 24.4. The average Bonchev–Trinajstić information content (AvgIpc) is 2.78. The summed E-state index contributed by atoms with van der Waals surface area (Å²) in [5.74, 6) is 0.584. The molecule has 0 heterocycles. The van der Waals surface area contributed by atoms with Crippen molar-refractivity contribution in [2.45, 2.75) is 49.5 Å². The second-order valence-electron chi connectivity index (χ2n) is 8.68. The third kappa shape index (κ3) is 8.66.